The molecule has 3 N–H and O–H groups in total. The van der Waals surface area contributed by atoms with Gasteiger partial charge in [-0.1, -0.05) is 44.2 Å². The van der Waals surface area contributed by atoms with E-state index in [-0.39, 0.29) is 24.6 Å². The number of benzene rings is 2. The van der Waals surface area contributed by atoms with Crippen molar-refractivity contribution in [3.63, 3.8) is 0 Å². The molecular weight excluding hydrogens is 397 g/mol. The second kappa shape index (κ2) is 10.2. The topological polar surface area (TPSA) is 78.4 Å². The molecule has 30 heavy (non-hydrogen) atoms. The summed E-state index contributed by atoms with van der Waals surface area (Å²) in [6, 6.07) is 10.3. The average molecular weight is 422 g/mol. The Kier molecular flexibility index (Phi) is 8.00. The molecule has 1 atom stereocenters. The van der Waals surface area contributed by atoms with Gasteiger partial charge >= 0.3 is 6.18 Å². The van der Waals surface area contributed by atoms with Crippen molar-refractivity contribution in [1.29, 1.82) is 0 Å². The van der Waals surface area contributed by atoms with Gasteiger partial charge in [0.1, 0.15) is 6.04 Å². The first kappa shape index (κ1) is 23.4. The van der Waals surface area contributed by atoms with Crippen LogP contribution in [0.1, 0.15) is 36.2 Å². The Morgan fingerprint density at radius 2 is 1.67 bits per heavy atom. The van der Waals surface area contributed by atoms with Gasteiger partial charge in [0, 0.05) is 12.1 Å². The van der Waals surface area contributed by atoms with E-state index in [1.807, 2.05) is 13.8 Å². The van der Waals surface area contributed by atoms with Crippen LogP contribution in [-0.4, -0.2) is 36.1 Å². The molecule has 0 bridgehead atoms. The zero-order valence-electron chi connectivity index (χ0n) is 16.8. The zero-order valence-corrected chi connectivity index (χ0v) is 16.8. The number of alkyl halides is 3. The van der Waals surface area contributed by atoms with E-state index in [1.54, 1.807) is 24.3 Å². The first-order chi connectivity index (χ1) is 14.1. The number of aliphatic hydroxyl groups is 1. The van der Waals surface area contributed by atoms with Crippen molar-refractivity contribution in [2.24, 2.45) is 5.92 Å². The van der Waals surface area contributed by atoms with Gasteiger partial charge in [-0.05, 0) is 41.7 Å². The largest absolute Gasteiger partial charge is 0.416 e. The summed E-state index contributed by atoms with van der Waals surface area (Å²) in [5.74, 6) is -0.784. The molecule has 0 radical (unpaired) electrons. The lowest BCUT2D eigenvalue weighted by molar-refractivity contribution is -0.137. The van der Waals surface area contributed by atoms with Gasteiger partial charge < -0.3 is 15.7 Å². The molecular formula is C22H25F3N2O3. The van der Waals surface area contributed by atoms with Gasteiger partial charge in [-0.2, -0.15) is 13.2 Å². The third-order valence-electron chi connectivity index (χ3n) is 4.43. The normalized spacial score (nSPS) is 12.5. The molecule has 0 aliphatic rings. The van der Waals surface area contributed by atoms with Gasteiger partial charge in [0.15, 0.2) is 0 Å². The smallest absolute Gasteiger partial charge is 0.395 e. The van der Waals surface area contributed by atoms with E-state index in [2.05, 4.69) is 10.6 Å². The van der Waals surface area contributed by atoms with Gasteiger partial charge in [0.05, 0.1) is 12.2 Å². The van der Waals surface area contributed by atoms with Crippen LogP contribution in [0.25, 0.3) is 11.1 Å². The van der Waals surface area contributed by atoms with Crippen LogP contribution in [0.3, 0.4) is 0 Å². The number of carbonyl (C=O) groups is 2. The molecule has 0 unspecified atom stereocenters. The summed E-state index contributed by atoms with van der Waals surface area (Å²) >= 11 is 0. The van der Waals surface area contributed by atoms with Crippen molar-refractivity contribution in [3.8, 4) is 11.1 Å². The first-order valence-corrected chi connectivity index (χ1v) is 9.59. The summed E-state index contributed by atoms with van der Waals surface area (Å²) < 4.78 is 38.5. The van der Waals surface area contributed by atoms with Crippen LogP contribution in [0.4, 0.5) is 13.2 Å². The molecule has 8 heteroatoms. The van der Waals surface area contributed by atoms with Crippen molar-refractivity contribution in [2.75, 3.05) is 13.2 Å². The van der Waals surface area contributed by atoms with Crippen LogP contribution >= 0.6 is 0 Å². The minimum atomic E-state index is -4.44. The molecule has 2 rings (SSSR count). The molecule has 0 saturated carbocycles. The van der Waals surface area contributed by atoms with Crippen molar-refractivity contribution in [2.45, 2.75) is 32.5 Å². The number of halogens is 3. The van der Waals surface area contributed by atoms with E-state index in [4.69, 9.17) is 5.11 Å². The van der Waals surface area contributed by atoms with E-state index in [1.165, 1.54) is 12.1 Å². The predicted octanol–water partition coefficient (Wildman–Crippen LogP) is 3.63. The van der Waals surface area contributed by atoms with Gasteiger partial charge in [-0.25, -0.2) is 0 Å². The second-order valence-corrected chi connectivity index (χ2v) is 7.29. The van der Waals surface area contributed by atoms with E-state index in [0.717, 1.165) is 12.1 Å². The lowest BCUT2D eigenvalue weighted by Crippen LogP contribution is -2.48. The predicted molar refractivity (Wildman–Crippen MR) is 108 cm³/mol. The molecule has 2 aromatic carbocycles. The Labute approximate surface area is 173 Å². The fourth-order valence-electron chi connectivity index (χ4n) is 3.01. The third kappa shape index (κ3) is 6.32. The second-order valence-electron chi connectivity index (χ2n) is 7.29. The summed E-state index contributed by atoms with van der Waals surface area (Å²) in [5.41, 5.74) is 0.397. The molecule has 0 aliphatic carbocycles. The minimum absolute atomic E-state index is 0.0748. The maximum absolute atomic E-state index is 12.9. The van der Waals surface area contributed by atoms with Crippen molar-refractivity contribution < 1.29 is 27.9 Å². The maximum atomic E-state index is 12.9. The van der Waals surface area contributed by atoms with Crippen LogP contribution in [0.5, 0.6) is 0 Å². The number of rotatable bonds is 8. The Balaban J connectivity index is 2.28. The highest BCUT2D eigenvalue weighted by atomic mass is 19.4. The quantitative estimate of drug-likeness (QED) is 0.608. The molecule has 0 spiro atoms. The Hall–Kier alpha value is -2.87. The Bertz CT molecular complexity index is 865. The third-order valence-corrected chi connectivity index (χ3v) is 4.43. The van der Waals surface area contributed by atoms with Crippen molar-refractivity contribution in [1.82, 2.24) is 10.6 Å². The summed E-state index contributed by atoms with van der Waals surface area (Å²) in [7, 11) is 0. The lowest BCUT2D eigenvalue weighted by Gasteiger charge is -2.21. The molecule has 0 aromatic heterocycles. The number of amides is 2. The van der Waals surface area contributed by atoms with Gasteiger partial charge in [-0.15, -0.1) is 0 Å². The van der Waals surface area contributed by atoms with Gasteiger partial charge in [0.2, 0.25) is 5.91 Å². The van der Waals surface area contributed by atoms with Gasteiger partial charge in [0.25, 0.3) is 5.91 Å². The van der Waals surface area contributed by atoms with Gasteiger partial charge in [-0.3, -0.25) is 9.59 Å². The number of nitrogens with one attached hydrogen (secondary N) is 2. The van der Waals surface area contributed by atoms with Crippen LogP contribution in [0.2, 0.25) is 0 Å². The highest BCUT2D eigenvalue weighted by molar-refractivity contribution is 6.02. The van der Waals surface area contributed by atoms with Crippen LogP contribution in [-0.2, 0) is 11.0 Å². The standard InChI is InChI=1S/C22H25F3N2O3/c1-14(2)13-19(21(30)26-11-12-28)27-20(29)18-6-4-3-5-17(18)15-7-9-16(10-8-15)22(23,24)25/h3-10,14,19,28H,11-13H2,1-2H3,(H,26,30)(H,27,29)/t19-/m0/s1. The number of carbonyl (C=O) groups excluding carboxylic acids is 2. The lowest BCUT2D eigenvalue weighted by atomic mass is 9.97. The zero-order chi connectivity index (χ0) is 22.3. The minimum Gasteiger partial charge on any atom is -0.395 e. The Morgan fingerprint density at radius 1 is 1.03 bits per heavy atom. The maximum Gasteiger partial charge on any atom is 0.416 e. The van der Waals surface area contributed by atoms with E-state index >= 15 is 0 Å². The monoisotopic (exact) mass is 422 g/mol. The molecule has 0 fully saturated rings. The molecule has 5 nitrogen and oxygen atoms in total. The van der Waals surface area contributed by atoms with E-state index < -0.39 is 29.6 Å². The van der Waals surface area contributed by atoms with Crippen molar-refractivity contribution in [3.05, 3.63) is 59.7 Å². The summed E-state index contributed by atoms with van der Waals surface area (Å²) in [6.07, 6.45) is -4.05. The SMILES string of the molecule is CC(C)C[C@H](NC(=O)c1ccccc1-c1ccc(C(F)(F)F)cc1)C(=O)NCCO. The first-order valence-electron chi connectivity index (χ1n) is 9.59. The fourth-order valence-corrected chi connectivity index (χ4v) is 3.01. The summed E-state index contributed by atoms with van der Waals surface area (Å²) in [6.45, 7) is 3.68. The highest BCUT2D eigenvalue weighted by Gasteiger charge is 2.30. The molecule has 0 saturated heterocycles. The fraction of sp³-hybridized carbons (Fsp3) is 0.364. The highest BCUT2D eigenvalue weighted by Crippen LogP contribution is 2.31. The van der Waals surface area contributed by atoms with E-state index in [0.29, 0.717) is 17.5 Å². The molecule has 2 amide bonds. The van der Waals surface area contributed by atoms with E-state index in [9.17, 15) is 22.8 Å². The molecule has 162 valence electrons. The molecule has 0 aliphatic heterocycles. The number of hydrogen-bond acceptors (Lipinski definition) is 3. The summed E-state index contributed by atoms with van der Waals surface area (Å²) in [5, 5.41) is 14.2. The molecule has 2 aromatic rings. The van der Waals surface area contributed by atoms with Crippen molar-refractivity contribution >= 4 is 11.8 Å². The van der Waals surface area contributed by atoms with Crippen LogP contribution in [0.15, 0.2) is 48.5 Å². The number of aliphatic hydroxyl groups excluding tert-OH is 1. The number of hydrogen-bond donors (Lipinski definition) is 3. The van der Waals surface area contributed by atoms with Crippen LogP contribution in [0, 0.1) is 5.92 Å². The molecule has 0 heterocycles. The van der Waals surface area contributed by atoms with Crippen LogP contribution < -0.4 is 10.6 Å². The Morgan fingerprint density at radius 3 is 2.23 bits per heavy atom. The summed E-state index contributed by atoms with van der Waals surface area (Å²) in [4.78, 5) is 25.3. The average Bonchev–Trinajstić information content (AvgIpc) is 2.70.